The molecule has 10 heteroatoms. The van der Waals surface area contributed by atoms with Gasteiger partial charge in [-0.15, -0.1) is 23.1 Å². The molecule has 0 spiro atoms. The van der Waals surface area contributed by atoms with Crippen molar-refractivity contribution in [3.05, 3.63) is 43.8 Å². The minimum absolute atomic E-state index is 0.0222. The number of carbonyl (C=O) groups is 2. The van der Waals surface area contributed by atoms with Crippen molar-refractivity contribution in [1.29, 1.82) is 5.26 Å². The third-order valence-corrected chi connectivity index (χ3v) is 5.74. The molecule has 2 N–H and O–H groups in total. The molecule has 0 saturated heterocycles. The summed E-state index contributed by atoms with van der Waals surface area (Å²) in [5, 5.41) is 21.1. The maximum Gasteiger partial charge on any atom is 0.351 e. The number of thioether (sulfide) groups is 1. The number of ether oxygens (including phenoxy) is 1. The molecule has 2 aromatic rings. The number of hydrogen-bond acceptors (Lipinski definition) is 8. The van der Waals surface area contributed by atoms with E-state index in [4.69, 9.17) is 9.84 Å². The fourth-order valence-electron chi connectivity index (χ4n) is 2.32. The van der Waals surface area contributed by atoms with Gasteiger partial charge in [-0.3, -0.25) is 14.2 Å². The molecule has 0 radical (unpaired) electrons. The highest BCUT2D eigenvalue weighted by atomic mass is 32.2. The zero-order chi connectivity index (χ0) is 21.4. The van der Waals surface area contributed by atoms with Crippen molar-refractivity contribution >= 4 is 52.5 Å². The number of aliphatic carboxylic acids is 1. The molecule has 0 unspecified atom stereocenters. The van der Waals surface area contributed by atoms with Gasteiger partial charge in [0.15, 0.2) is 5.57 Å². The summed E-state index contributed by atoms with van der Waals surface area (Å²) in [5.41, 5.74) is 0.192. The number of thiazole rings is 1. The lowest BCUT2D eigenvalue weighted by atomic mass is 10.3. The van der Waals surface area contributed by atoms with Crippen LogP contribution >= 0.6 is 23.1 Å². The smallest absolute Gasteiger partial charge is 0.351 e. The van der Waals surface area contributed by atoms with Crippen molar-refractivity contribution in [3.8, 4) is 6.07 Å². The van der Waals surface area contributed by atoms with Gasteiger partial charge in [-0.05, 0) is 38.1 Å². The third kappa shape index (κ3) is 5.73. The van der Waals surface area contributed by atoms with Crippen LogP contribution in [0.5, 0.6) is 0 Å². The molecule has 0 aliphatic carbocycles. The van der Waals surface area contributed by atoms with Crippen molar-refractivity contribution in [2.24, 2.45) is 0 Å². The summed E-state index contributed by atoms with van der Waals surface area (Å²) in [6, 6.07) is 8.91. The van der Waals surface area contributed by atoms with E-state index < -0.39 is 11.9 Å². The van der Waals surface area contributed by atoms with Gasteiger partial charge < -0.3 is 15.2 Å². The van der Waals surface area contributed by atoms with Gasteiger partial charge >= 0.3 is 11.9 Å². The van der Waals surface area contributed by atoms with Crippen molar-refractivity contribution < 1.29 is 19.4 Å². The number of hydrogen-bond donors (Lipinski definition) is 2. The van der Waals surface area contributed by atoms with E-state index in [1.54, 1.807) is 38.1 Å². The maximum absolute atomic E-state index is 12.6. The molecule has 0 amide bonds. The number of nitrogens with zero attached hydrogens (tertiary/aromatic N) is 2. The first-order valence-corrected chi connectivity index (χ1v) is 10.4. The highest BCUT2D eigenvalue weighted by molar-refractivity contribution is 8.00. The molecule has 152 valence electrons. The monoisotopic (exact) mass is 433 g/mol. The number of anilines is 1. The summed E-state index contributed by atoms with van der Waals surface area (Å²) in [7, 11) is 0. The van der Waals surface area contributed by atoms with E-state index >= 15 is 0 Å². The molecule has 0 aliphatic heterocycles. The van der Waals surface area contributed by atoms with Gasteiger partial charge in [-0.25, -0.2) is 4.79 Å². The molecule has 1 aromatic carbocycles. The molecule has 2 rings (SSSR count). The number of carbonyl (C=O) groups excluding carboxylic acids is 1. The topological polar surface area (TPSA) is 121 Å². The van der Waals surface area contributed by atoms with Crippen LogP contribution in [0.25, 0.3) is 11.8 Å². The number of rotatable bonds is 8. The molecule has 1 heterocycles. The van der Waals surface area contributed by atoms with Crippen molar-refractivity contribution in [1.82, 2.24) is 4.57 Å². The zero-order valence-corrected chi connectivity index (χ0v) is 17.4. The van der Waals surface area contributed by atoms with Gasteiger partial charge in [0, 0.05) is 23.3 Å². The normalized spacial score (nSPS) is 12.2. The van der Waals surface area contributed by atoms with Crippen LogP contribution in [0.3, 0.4) is 0 Å². The Labute approximate surface area is 174 Å². The third-order valence-electron chi connectivity index (χ3n) is 3.62. The number of carboxylic acid groups (broad SMARTS) is 1. The van der Waals surface area contributed by atoms with Crippen LogP contribution in [0.15, 0.2) is 34.0 Å². The maximum atomic E-state index is 12.6. The second kappa shape index (κ2) is 10.5. The summed E-state index contributed by atoms with van der Waals surface area (Å²) in [4.78, 5) is 36.1. The van der Waals surface area contributed by atoms with E-state index in [1.807, 2.05) is 6.07 Å². The molecular weight excluding hydrogens is 414 g/mol. The quantitative estimate of drug-likeness (QED) is 0.470. The fourth-order valence-corrected chi connectivity index (χ4v) is 4.01. The van der Waals surface area contributed by atoms with Crippen LogP contribution in [0.4, 0.5) is 5.69 Å². The van der Waals surface area contributed by atoms with Crippen LogP contribution < -0.4 is 20.1 Å². The molecule has 1 aromatic heterocycles. The van der Waals surface area contributed by atoms with Gasteiger partial charge in [0.25, 0.3) is 5.56 Å². The SMILES string of the molecule is CCOC(=O)/C(C#N)=c1\s/c(=C\Nc2ccc(SCC(=O)O)cc2)c(=O)n1CC. The van der Waals surface area contributed by atoms with Gasteiger partial charge in [0.05, 0.1) is 12.4 Å². The minimum Gasteiger partial charge on any atom is -0.481 e. The predicted octanol–water partition coefficient (Wildman–Crippen LogP) is 1.19. The summed E-state index contributed by atoms with van der Waals surface area (Å²) >= 11 is 2.24. The second-order valence-corrected chi connectivity index (χ2v) is 7.60. The van der Waals surface area contributed by atoms with Gasteiger partial charge in [-0.2, -0.15) is 5.26 Å². The van der Waals surface area contributed by atoms with Crippen LogP contribution in [0.1, 0.15) is 13.8 Å². The Hall–Kier alpha value is -3.03. The van der Waals surface area contributed by atoms with Crippen molar-refractivity contribution in [2.45, 2.75) is 25.3 Å². The molecular formula is C19H19N3O5S2. The fraction of sp³-hybridized carbons (Fsp3) is 0.263. The molecule has 0 saturated carbocycles. The summed E-state index contributed by atoms with van der Waals surface area (Å²) in [6.45, 7) is 3.83. The molecule has 0 aliphatic rings. The Morgan fingerprint density at radius 2 is 2.03 bits per heavy atom. The first-order valence-electron chi connectivity index (χ1n) is 8.63. The Kier molecular flexibility index (Phi) is 8.06. The number of benzene rings is 1. The highest BCUT2D eigenvalue weighted by Gasteiger charge is 2.16. The van der Waals surface area contributed by atoms with E-state index in [2.05, 4.69) is 5.32 Å². The van der Waals surface area contributed by atoms with Gasteiger partial charge in [-0.1, -0.05) is 0 Å². The lowest BCUT2D eigenvalue weighted by molar-refractivity contribution is -0.136. The summed E-state index contributed by atoms with van der Waals surface area (Å²) in [5.74, 6) is -1.67. The standard InChI is InChI=1S/C19H19N3O5S2/c1-3-22-17(25)15(29-18(22)14(9-20)19(26)27-4-2)10-21-12-5-7-13(8-6-12)28-11-16(23)24/h5-8,10,21H,3-4,11H2,1-2H3,(H,23,24)/b15-10-,18-14-. The predicted molar refractivity (Wildman–Crippen MR) is 112 cm³/mol. The number of esters is 1. The van der Waals surface area contributed by atoms with Gasteiger partial charge in [0.1, 0.15) is 15.3 Å². The molecule has 29 heavy (non-hydrogen) atoms. The summed E-state index contributed by atoms with van der Waals surface area (Å²) < 4.78 is 6.85. The van der Waals surface area contributed by atoms with E-state index in [1.165, 1.54) is 22.5 Å². The van der Waals surface area contributed by atoms with E-state index in [9.17, 15) is 19.6 Å². The Balaban J connectivity index is 2.36. The zero-order valence-electron chi connectivity index (χ0n) is 15.8. The van der Waals surface area contributed by atoms with Crippen LogP contribution in [-0.4, -0.2) is 34.0 Å². The average molecular weight is 434 g/mol. The highest BCUT2D eigenvalue weighted by Crippen LogP contribution is 2.20. The van der Waals surface area contributed by atoms with Crippen LogP contribution in [0, 0.1) is 11.3 Å². The van der Waals surface area contributed by atoms with Crippen molar-refractivity contribution in [2.75, 3.05) is 17.7 Å². The first-order chi connectivity index (χ1) is 13.9. The average Bonchev–Trinajstić information content (AvgIpc) is 3.01. The summed E-state index contributed by atoms with van der Waals surface area (Å²) in [6.07, 6.45) is 1.52. The number of nitriles is 1. The molecule has 8 nitrogen and oxygen atoms in total. The van der Waals surface area contributed by atoms with E-state index in [0.29, 0.717) is 16.8 Å². The lowest BCUT2D eigenvalue weighted by Crippen LogP contribution is -2.32. The Morgan fingerprint density at radius 1 is 1.34 bits per heavy atom. The van der Waals surface area contributed by atoms with E-state index in [-0.39, 0.29) is 28.2 Å². The number of aromatic nitrogens is 1. The number of nitrogens with one attached hydrogen (secondary N) is 1. The number of carboxylic acids is 1. The van der Waals surface area contributed by atoms with Gasteiger partial charge in [0.2, 0.25) is 0 Å². The van der Waals surface area contributed by atoms with Crippen LogP contribution in [0.2, 0.25) is 0 Å². The second-order valence-electron chi connectivity index (χ2n) is 5.52. The molecule has 0 fully saturated rings. The minimum atomic E-state index is -0.886. The molecule has 0 bridgehead atoms. The van der Waals surface area contributed by atoms with Crippen LogP contribution in [-0.2, 0) is 20.9 Å². The first kappa shape index (κ1) is 22.3. The largest absolute Gasteiger partial charge is 0.481 e. The Morgan fingerprint density at radius 3 is 2.59 bits per heavy atom. The van der Waals surface area contributed by atoms with E-state index in [0.717, 1.165) is 16.2 Å². The Bertz CT molecular complexity index is 1110. The van der Waals surface area contributed by atoms with Crippen molar-refractivity contribution in [3.63, 3.8) is 0 Å². The molecule has 0 atom stereocenters. The lowest BCUT2D eigenvalue weighted by Gasteiger charge is -2.02.